The molecular formula is C33H38ClFN6O4S. The number of anilines is 2. The van der Waals surface area contributed by atoms with Crippen LogP contribution in [0, 0.1) is 5.82 Å². The quantitative estimate of drug-likeness (QED) is 0.216. The van der Waals surface area contributed by atoms with Crippen LogP contribution in [-0.4, -0.2) is 71.2 Å². The Kier molecular flexibility index (Phi) is 9.59. The van der Waals surface area contributed by atoms with Gasteiger partial charge >= 0.3 is 6.09 Å². The molecule has 0 aliphatic carbocycles. The number of hydrogen-bond donors (Lipinski definition) is 1. The van der Waals surface area contributed by atoms with E-state index in [0.717, 1.165) is 11.4 Å². The van der Waals surface area contributed by atoms with Crippen LogP contribution in [0.15, 0.2) is 67.1 Å². The monoisotopic (exact) mass is 668 g/mol. The predicted octanol–water partition coefficient (Wildman–Crippen LogP) is 6.99. The SMILES string of the molecule is CCC(C)S(=O)(=O)Nc1cc(Cl)cc(-c2cn(-c3ccc(N4CCN(C(=O)OC(C)(C)C)CC4)cc3)nc2-c2ccncc2)c1F. The number of halogens is 2. The number of aromatic nitrogens is 3. The maximum Gasteiger partial charge on any atom is 0.410 e. The lowest BCUT2D eigenvalue weighted by Crippen LogP contribution is -2.50. The highest BCUT2D eigenvalue weighted by Gasteiger charge is 2.27. The number of benzene rings is 2. The number of amides is 1. The number of hydrogen-bond acceptors (Lipinski definition) is 7. The largest absolute Gasteiger partial charge is 0.444 e. The van der Waals surface area contributed by atoms with Crippen LogP contribution in [-0.2, 0) is 14.8 Å². The number of nitrogens with zero attached hydrogens (tertiary/aromatic N) is 5. The number of pyridine rings is 1. The average Bonchev–Trinajstić information content (AvgIpc) is 3.47. The van der Waals surface area contributed by atoms with E-state index in [2.05, 4.69) is 14.6 Å². The van der Waals surface area contributed by atoms with Gasteiger partial charge in [0.05, 0.1) is 16.6 Å². The number of ether oxygens (including phenoxy) is 1. The van der Waals surface area contributed by atoms with Gasteiger partial charge < -0.3 is 14.5 Å². The lowest BCUT2D eigenvalue weighted by atomic mass is 10.0. The zero-order valence-electron chi connectivity index (χ0n) is 26.5. The van der Waals surface area contributed by atoms with Gasteiger partial charge in [-0.15, -0.1) is 0 Å². The molecule has 0 spiro atoms. The van der Waals surface area contributed by atoms with Crippen LogP contribution in [0.2, 0.25) is 5.02 Å². The third-order valence-electron chi connectivity index (χ3n) is 7.76. The standard InChI is InChI=1S/C33H38ClFN6O4S/c1-6-22(2)46(43,44)38-29-20-24(34)19-27(30(29)35)28-21-41(37-31(28)23-11-13-36-14-12-23)26-9-7-25(8-10-26)39-15-17-40(18-16-39)32(42)45-33(3,4)5/h7-14,19-22,38H,6,15-18H2,1-5H3. The number of carbonyl (C=O) groups is 1. The molecule has 1 unspecified atom stereocenters. The summed E-state index contributed by atoms with van der Waals surface area (Å²) in [7, 11) is -3.84. The van der Waals surface area contributed by atoms with E-state index < -0.39 is 26.7 Å². The maximum atomic E-state index is 16.1. The first-order valence-electron chi connectivity index (χ1n) is 15.1. The summed E-state index contributed by atoms with van der Waals surface area (Å²) in [6.45, 7) is 11.3. The van der Waals surface area contributed by atoms with Crippen LogP contribution < -0.4 is 9.62 Å². The Morgan fingerprint density at radius 1 is 1.02 bits per heavy atom. The fourth-order valence-corrected chi connectivity index (χ4v) is 6.36. The van der Waals surface area contributed by atoms with Crippen LogP contribution in [0.4, 0.5) is 20.6 Å². The fourth-order valence-electron chi connectivity index (χ4n) is 5.05. The molecule has 1 N–H and O–H groups in total. The molecule has 2 aromatic carbocycles. The van der Waals surface area contributed by atoms with Crippen LogP contribution >= 0.6 is 11.6 Å². The molecule has 13 heteroatoms. The van der Waals surface area contributed by atoms with Gasteiger partial charge in [-0.3, -0.25) is 9.71 Å². The highest BCUT2D eigenvalue weighted by atomic mass is 35.5. The molecule has 5 rings (SSSR count). The van der Waals surface area contributed by atoms with E-state index in [4.69, 9.17) is 21.4 Å². The van der Waals surface area contributed by atoms with Crippen molar-refractivity contribution in [2.75, 3.05) is 35.8 Å². The van der Waals surface area contributed by atoms with Gasteiger partial charge in [-0.25, -0.2) is 22.3 Å². The Labute approximate surface area is 274 Å². The summed E-state index contributed by atoms with van der Waals surface area (Å²) in [5, 5.41) is 4.26. The van der Waals surface area contributed by atoms with Crippen LogP contribution in [0.3, 0.4) is 0 Å². The smallest absolute Gasteiger partial charge is 0.410 e. The molecule has 0 saturated carbocycles. The van der Waals surface area contributed by atoms with Crippen molar-refractivity contribution >= 4 is 39.1 Å². The first kappa shape index (κ1) is 33.2. The number of sulfonamides is 1. The van der Waals surface area contributed by atoms with Crippen molar-refractivity contribution in [3.8, 4) is 28.1 Å². The summed E-state index contributed by atoms with van der Waals surface area (Å²) in [6, 6.07) is 14.1. The Morgan fingerprint density at radius 3 is 2.26 bits per heavy atom. The summed E-state index contributed by atoms with van der Waals surface area (Å²) in [5.74, 6) is -0.757. The topological polar surface area (TPSA) is 110 Å². The molecule has 4 aromatic rings. The Morgan fingerprint density at radius 2 is 1.65 bits per heavy atom. The minimum absolute atomic E-state index is 0.104. The molecule has 2 aromatic heterocycles. The second-order valence-corrected chi connectivity index (χ2v) is 14.8. The first-order valence-corrected chi connectivity index (χ1v) is 17.0. The molecule has 0 radical (unpaired) electrons. The van der Waals surface area contributed by atoms with E-state index in [1.165, 1.54) is 12.1 Å². The van der Waals surface area contributed by atoms with Gasteiger partial charge in [0, 0.05) is 72.2 Å². The molecule has 3 heterocycles. The summed E-state index contributed by atoms with van der Waals surface area (Å²) in [5.41, 5.74) is 2.66. The van der Waals surface area contributed by atoms with Crippen molar-refractivity contribution in [1.29, 1.82) is 0 Å². The minimum Gasteiger partial charge on any atom is -0.444 e. The van der Waals surface area contributed by atoms with Crippen LogP contribution in [0.1, 0.15) is 41.0 Å². The van der Waals surface area contributed by atoms with Crippen molar-refractivity contribution in [2.45, 2.75) is 51.9 Å². The molecule has 1 aliphatic rings. The molecule has 1 atom stereocenters. The van der Waals surface area contributed by atoms with E-state index in [1.807, 2.05) is 45.0 Å². The van der Waals surface area contributed by atoms with E-state index in [1.54, 1.807) is 54.2 Å². The second kappa shape index (κ2) is 13.3. The fraction of sp³-hybridized carbons (Fsp3) is 0.364. The Bertz CT molecular complexity index is 1800. The van der Waals surface area contributed by atoms with Crippen molar-refractivity contribution in [3.63, 3.8) is 0 Å². The van der Waals surface area contributed by atoms with E-state index in [0.29, 0.717) is 49.4 Å². The molecule has 1 amide bonds. The van der Waals surface area contributed by atoms with Crippen molar-refractivity contribution in [3.05, 3.63) is 78.0 Å². The molecule has 46 heavy (non-hydrogen) atoms. The van der Waals surface area contributed by atoms with E-state index in [-0.39, 0.29) is 22.4 Å². The van der Waals surface area contributed by atoms with Crippen molar-refractivity contribution < 1.29 is 22.3 Å². The molecule has 1 saturated heterocycles. The third-order valence-corrected chi connectivity index (χ3v) is 9.88. The lowest BCUT2D eigenvalue weighted by Gasteiger charge is -2.36. The normalized spacial score (nSPS) is 14.7. The van der Waals surface area contributed by atoms with Gasteiger partial charge in [0.2, 0.25) is 10.0 Å². The maximum absolute atomic E-state index is 16.1. The van der Waals surface area contributed by atoms with E-state index >= 15 is 4.39 Å². The van der Waals surface area contributed by atoms with Gasteiger partial charge in [-0.1, -0.05) is 18.5 Å². The second-order valence-electron chi connectivity index (χ2n) is 12.2. The third kappa shape index (κ3) is 7.45. The highest BCUT2D eigenvalue weighted by molar-refractivity contribution is 7.93. The molecule has 1 fully saturated rings. The predicted molar refractivity (Wildman–Crippen MR) is 180 cm³/mol. The Balaban J connectivity index is 1.44. The van der Waals surface area contributed by atoms with Gasteiger partial charge in [-0.05, 0) is 82.6 Å². The van der Waals surface area contributed by atoms with Gasteiger partial charge in [0.1, 0.15) is 11.3 Å². The first-order chi connectivity index (χ1) is 21.8. The lowest BCUT2D eigenvalue weighted by molar-refractivity contribution is 0.0240. The van der Waals surface area contributed by atoms with Crippen molar-refractivity contribution in [2.24, 2.45) is 0 Å². The molecule has 1 aliphatic heterocycles. The number of nitrogens with one attached hydrogen (secondary N) is 1. The average molecular weight is 669 g/mol. The summed E-state index contributed by atoms with van der Waals surface area (Å²) in [6.07, 6.45) is 5.00. The summed E-state index contributed by atoms with van der Waals surface area (Å²) >= 11 is 6.41. The van der Waals surface area contributed by atoms with Gasteiger partial charge in [0.15, 0.2) is 5.82 Å². The summed E-state index contributed by atoms with van der Waals surface area (Å²) < 4.78 is 51.2. The number of piperazine rings is 1. The highest BCUT2D eigenvalue weighted by Crippen LogP contribution is 2.38. The van der Waals surface area contributed by atoms with E-state index in [9.17, 15) is 13.2 Å². The van der Waals surface area contributed by atoms with Crippen molar-refractivity contribution in [1.82, 2.24) is 19.7 Å². The number of carbonyl (C=O) groups excluding carboxylic acids is 1. The Hall–Kier alpha value is -4.16. The number of rotatable bonds is 8. The minimum atomic E-state index is -3.84. The molecule has 0 bridgehead atoms. The van der Waals surface area contributed by atoms with Crippen LogP contribution in [0.5, 0.6) is 0 Å². The van der Waals surface area contributed by atoms with Crippen LogP contribution in [0.25, 0.3) is 28.1 Å². The molecule has 10 nitrogen and oxygen atoms in total. The molecule has 244 valence electrons. The molecular weight excluding hydrogens is 631 g/mol. The van der Waals surface area contributed by atoms with Gasteiger partial charge in [0.25, 0.3) is 0 Å². The zero-order chi connectivity index (χ0) is 33.2. The van der Waals surface area contributed by atoms with Gasteiger partial charge in [-0.2, -0.15) is 5.10 Å². The summed E-state index contributed by atoms with van der Waals surface area (Å²) in [4.78, 5) is 20.5. The zero-order valence-corrected chi connectivity index (χ0v) is 28.1.